The molecule has 118 valence electrons. The molecule has 1 aliphatic rings. The summed E-state index contributed by atoms with van der Waals surface area (Å²) in [5.74, 6) is 1.33. The number of para-hydroxylation sites is 2. The number of thiophene rings is 1. The van der Waals surface area contributed by atoms with Gasteiger partial charge in [-0.2, -0.15) is 0 Å². The maximum Gasteiger partial charge on any atom is 0.224 e. The van der Waals surface area contributed by atoms with E-state index in [4.69, 9.17) is 0 Å². The highest BCUT2D eigenvalue weighted by Gasteiger charge is 2.46. The van der Waals surface area contributed by atoms with Crippen LogP contribution in [0.5, 0.6) is 0 Å². The number of benzene rings is 1. The predicted octanol–water partition coefficient (Wildman–Crippen LogP) is 3.91. The molecule has 4 nitrogen and oxygen atoms in total. The molecule has 2 unspecified atom stereocenters. The summed E-state index contributed by atoms with van der Waals surface area (Å²) in [7, 11) is 0. The molecule has 3 aromatic rings. The van der Waals surface area contributed by atoms with E-state index in [9.17, 15) is 4.79 Å². The van der Waals surface area contributed by atoms with E-state index in [1.165, 1.54) is 9.75 Å². The number of imidazole rings is 1. The Morgan fingerprint density at radius 2 is 2.17 bits per heavy atom. The Kier molecular flexibility index (Phi) is 3.45. The van der Waals surface area contributed by atoms with Crippen molar-refractivity contribution >= 4 is 28.3 Å². The lowest BCUT2D eigenvalue weighted by Gasteiger charge is -2.11. The van der Waals surface area contributed by atoms with E-state index in [0.717, 1.165) is 23.3 Å². The fourth-order valence-corrected chi connectivity index (χ4v) is 3.89. The Morgan fingerprint density at radius 3 is 2.91 bits per heavy atom. The second kappa shape index (κ2) is 5.49. The third-order valence-electron chi connectivity index (χ3n) is 4.43. The molecule has 5 heteroatoms. The third kappa shape index (κ3) is 2.77. The normalized spacial score (nSPS) is 21.3. The quantitative estimate of drug-likeness (QED) is 0.764. The molecule has 1 fully saturated rings. The zero-order valence-electron chi connectivity index (χ0n) is 13.2. The predicted molar refractivity (Wildman–Crippen MR) is 92.6 cm³/mol. The maximum atomic E-state index is 12.4. The van der Waals surface area contributed by atoms with Crippen LogP contribution in [0.1, 0.15) is 40.9 Å². The summed E-state index contributed by atoms with van der Waals surface area (Å²) in [6.45, 7) is 4.13. The fourth-order valence-electron chi connectivity index (χ4n) is 3.01. The van der Waals surface area contributed by atoms with Crippen molar-refractivity contribution in [2.45, 2.75) is 32.2 Å². The van der Waals surface area contributed by atoms with Gasteiger partial charge in [-0.3, -0.25) is 4.79 Å². The summed E-state index contributed by atoms with van der Waals surface area (Å²) < 4.78 is 0. The van der Waals surface area contributed by atoms with Crippen LogP contribution in [0.25, 0.3) is 11.0 Å². The molecular weight excluding hydrogens is 306 g/mol. The molecule has 1 amide bonds. The summed E-state index contributed by atoms with van der Waals surface area (Å²) in [6.07, 6.45) is 0.877. The molecule has 1 aliphatic carbocycles. The zero-order valence-corrected chi connectivity index (χ0v) is 14.0. The number of hydrogen-bond acceptors (Lipinski definition) is 3. The first-order valence-electron chi connectivity index (χ1n) is 7.93. The molecule has 1 aromatic carbocycles. The van der Waals surface area contributed by atoms with Crippen LogP contribution in [-0.2, 0) is 4.79 Å². The van der Waals surface area contributed by atoms with E-state index in [1.807, 2.05) is 31.2 Å². The standard InChI is InChI=1S/C18H19N3OS/c1-10-7-8-16(23-10)11(2)19-18(22)13-9-12(13)17-20-14-5-3-4-6-15(14)21-17/h3-8,11-13H,9H2,1-2H3,(H,19,22)(H,20,21)/t11-,12?,13?/m1/s1. The third-order valence-corrected chi connectivity index (χ3v) is 5.62. The van der Waals surface area contributed by atoms with Crippen LogP contribution in [-0.4, -0.2) is 15.9 Å². The molecule has 0 spiro atoms. The van der Waals surface area contributed by atoms with Crippen molar-refractivity contribution in [3.63, 3.8) is 0 Å². The number of amides is 1. The SMILES string of the molecule is Cc1ccc([C@@H](C)NC(=O)C2CC2c2nc3ccccc3[nH]2)s1. The van der Waals surface area contributed by atoms with Crippen molar-refractivity contribution < 1.29 is 4.79 Å². The summed E-state index contributed by atoms with van der Waals surface area (Å²) in [5.41, 5.74) is 2.01. The molecule has 0 aliphatic heterocycles. The van der Waals surface area contributed by atoms with E-state index < -0.39 is 0 Å². The van der Waals surface area contributed by atoms with Gasteiger partial charge in [0.05, 0.1) is 17.1 Å². The Balaban J connectivity index is 1.43. The van der Waals surface area contributed by atoms with Crippen molar-refractivity contribution in [1.82, 2.24) is 15.3 Å². The lowest BCUT2D eigenvalue weighted by molar-refractivity contribution is -0.123. The van der Waals surface area contributed by atoms with E-state index >= 15 is 0 Å². The highest BCUT2D eigenvalue weighted by atomic mass is 32.1. The lowest BCUT2D eigenvalue weighted by Crippen LogP contribution is -2.28. The van der Waals surface area contributed by atoms with Crippen molar-refractivity contribution in [3.05, 3.63) is 52.0 Å². The van der Waals surface area contributed by atoms with Gasteiger partial charge in [0.1, 0.15) is 5.82 Å². The molecule has 0 radical (unpaired) electrons. The van der Waals surface area contributed by atoms with Crippen LogP contribution in [0, 0.1) is 12.8 Å². The number of H-pyrrole nitrogens is 1. The average molecular weight is 325 g/mol. The smallest absolute Gasteiger partial charge is 0.224 e. The minimum Gasteiger partial charge on any atom is -0.349 e. The molecule has 23 heavy (non-hydrogen) atoms. The van der Waals surface area contributed by atoms with Gasteiger partial charge in [0, 0.05) is 21.6 Å². The monoisotopic (exact) mass is 325 g/mol. The first-order valence-corrected chi connectivity index (χ1v) is 8.75. The van der Waals surface area contributed by atoms with Crippen LogP contribution < -0.4 is 5.32 Å². The summed E-state index contributed by atoms with van der Waals surface area (Å²) in [6, 6.07) is 12.2. The van der Waals surface area contributed by atoms with Crippen LogP contribution in [0.4, 0.5) is 0 Å². The van der Waals surface area contributed by atoms with Gasteiger partial charge < -0.3 is 10.3 Å². The highest BCUT2D eigenvalue weighted by molar-refractivity contribution is 7.12. The van der Waals surface area contributed by atoms with Crippen LogP contribution in [0.3, 0.4) is 0 Å². The number of hydrogen-bond donors (Lipinski definition) is 2. The van der Waals surface area contributed by atoms with Gasteiger partial charge in [-0.25, -0.2) is 4.98 Å². The Hall–Kier alpha value is -2.14. The van der Waals surface area contributed by atoms with Crippen molar-refractivity contribution in [2.75, 3.05) is 0 Å². The molecule has 0 bridgehead atoms. The summed E-state index contributed by atoms with van der Waals surface area (Å²) in [4.78, 5) is 22.9. The summed E-state index contributed by atoms with van der Waals surface area (Å²) >= 11 is 1.74. The number of carbonyl (C=O) groups excluding carboxylic acids is 1. The van der Waals surface area contributed by atoms with Gasteiger partial charge in [0.15, 0.2) is 0 Å². The van der Waals surface area contributed by atoms with Crippen molar-refractivity contribution in [1.29, 1.82) is 0 Å². The molecular formula is C18H19N3OS. The second-order valence-corrected chi connectivity index (χ2v) is 7.59. The lowest BCUT2D eigenvalue weighted by atomic mass is 10.2. The van der Waals surface area contributed by atoms with Gasteiger partial charge in [-0.1, -0.05) is 12.1 Å². The van der Waals surface area contributed by atoms with Crippen LogP contribution in [0.2, 0.25) is 0 Å². The van der Waals surface area contributed by atoms with Gasteiger partial charge in [-0.05, 0) is 44.5 Å². The Morgan fingerprint density at radius 1 is 1.35 bits per heavy atom. The van der Waals surface area contributed by atoms with E-state index in [0.29, 0.717) is 0 Å². The number of nitrogens with one attached hydrogen (secondary N) is 2. The Bertz CT molecular complexity index is 833. The van der Waals surface area contributed by atoms with E-state index in [-0.39, 0.29) is 23.8 Å². The first-order chi connectivity index (χ1) is 11.1. The zero-order chi connectivity index (χ0) is 16.0. The Labute approximate surface area is 138 Å². The van der Waals surface area contributed by atoms with Crippen molar-refractivity contribution in [2.24, 2.45) is 5.92 Å². The van der Waals surface area contributed by atoms with Crippen molar-refractivity contribution in [3.8, 4) is 0 Å². The molecule has 0 saturated heterocycles. The second-order valence-electron chi connectivity index (χ2n) is 6.27. The van der Waals surface area contributed by atoms with Crippen LogP contribution in [0.15, 0.2) is 36.4 Å². The first kappa shape index (κ1) is 14.5. The number of nitrogens with zero attached hydrogens (tertiary/aromatic N) is 1. The number of fused-ring (bicyclic) bond motifs is 1. The van der Waals surface area contributed by atoms with Gasteiger partial charge in [0.25, 0.3) is 0 Å². The number of aromatic amines is 1. The maximum absolute atomic E-state index is 12.4. The molecule has 1 saturated carbocycles. The number of rotatable bonds is 4. The highest BCUT2D eigenvalue weighted by Crippen LogP contribution is 2.47. The molecule has 2 heterocycles. The van der Waals surface area contributed by atoms with Crippen LogP contribution >= 0.6 is 11.3 Å². The fraction of sp³-hybridized carbons (Fsp3) is 0.333. The molecule has 3 atom stereocenters. The minimum atomic E-state index is 0.0408. The van der Waals surface area contributed by atoms with Gasteiger partial charge in [-0.15, -0.1) is 11.3 Å². The molecule has 4 rings (SSSR count). The van der Waals surface area contributed by atoms with E-state index in [2.05, 4.69) is 34.3 Å². The number of aromatic nitrogens is 2. The summed E-state index contributed by atoms with van der Waals surface area (Å²) in [5, 5.41) is 3.13. The number of aryl methyl sites for hydroxylation is 1. The number of carbonyl (C=O) groups is 1. The average Bonchev–Trinajstić information content (AvgIpc) is 3.03. The molecule has 2 N–H and O–H groups in total. The van der Waals surface area contributed by atoms with Gasteiger partial charge in [0.2, 0.25) is 5.91 Å². The van der Waals surface area contributed by atoms with Gasteiger partial charge >= 0.3 is 0 Å². The largest absolute Gasteiger partial charge is 0.349 e. The minimum absolute atomic E-state index is 0.0408. The van der Waals surface area contributed by atoms with E-state index in [1.54, 1.807) is 11.3 Å². The topological polar surface area (TPSA) is 57.8 Å². The molecule has 2 aromatic heterocycles.